The van der Waals surface area contributed by atoms with E-state index in [-0.39, 0.29) is 16.6 Å². The Balaban J connectivity index is 1.96. The highest BCUT2D eigenvalue weighted by molar-refractivity contribution is 9.10. The van der Waals surface area contributed by atoms with E-state index in [0.29, 0.717) is 29.2 Å². The highest BCUT2D eigenvalue weighted by atomic mass is 79.9. The Labute approximate surface area is 174 Å². The Morgan fingerprint density at radius 1 is 1.07 bits per heavy atom. The minimum atomic E-state index is -3.82. The van der Waals surface area contributed by atoms with Crippen LogP contribution < -0.4 is 18.9 Å². The van der Waals surface area contributed by atoms with E-state index >= 15 is 0 Å². The van der Waals surface area contributed by atoms with Gasteiger partial charge in [-0.2, -0.15) is 0 Å². The first-order valence-electron chi connectivity index (χ1n) is 9.07. The first-order valence-corrected chi connectivity index (χ1v) is 11.3. The SMILES string of the molecule is COc1ccc(Br)cc1S(=O)(=O)N[C@@H](c1ccc2c(c1)OCCCO2)C(C)C. The molecule has 1 aliphatic rings. The highest BCUT2D eigenvalue weighted by Crippen LogP contribution is 2.35. The lowest BCUT2D eigenvalue weighted by Crippen LogP contribution is -2.32. The van der Waals surface area contributed by atoms with Crippen molar-refractivity contribution in [2.45, 2.75) is 31.2 Å². The summed E-state index contributed by atoms with van der Waals surface area (Å²) in [5, 5.41) is 0. The van der Waals surface area contributed by atoms with Crippen LogP contribution in [-0.2, 0) is 10.0 Å². The Morgan fingerprint density at radius 2 is 1.79 bits per heavy atom. The Morgan fingerprint density at radius 3 is 2.46 bits per heavy atom. The van der Waals surface area contributed by atoms with Gasteiger partial charge >= 0.3 is 0 Å². The first kappa shape index (κ1) is 21.0. The molecule has 1 N–H and O–H groups in total. The van der Waals surface area contributed by atoms with Crippen LogP contribution in [0.25, 0.3) is 0 Å². The molecule has 0 saturated carbocycles. The molecule has 1 atom stereocenters. The fourth-order valence-electron chi connectivity index (χ4n) is 3.05. The molecule has 6 nitrogen and oxygen atoms in total. The number of halogens is 1. The standard InChI is InChI=1S/C20H24BrNO5S/c1-13(2)20(14-5-7-16-18(11-14)27-10-4-9-26-16)22-28(23,24)19-12-15(21)6-8-17(19)25-3/h5-8,11-13,20,22H,4,9-10H2,1-3H3/t20-/m1/s1. The number of methoxy groups -OCH3 is 1. The van der Waals surface area contributed by atoms with Crippen molar-refractivity contribution in [3.63, 3.8) is 0 Å². The molecule has 0 unspecified atom stereocenters. The minimum absolute atomic E-state index is 0.0117. The summed E-state index contributed by atoms with van der Waals surface area (Å²) >= 11 is 3.33. The smallest absolute Gasteiger partial charge is 0.244 e. The Kier molecular flexibility index (Phi) is 6.52. The van der Waals surface area contributed by atoms with Crippen LogP contribution in [0.3, 0.4) is 0 Å². The van der Waals surface area contributed by atoms with Crippen LogP contribution >= 0.6 is 15.9 Å². The number of rotatable bonds is 6. The van der Waals surface area contributed by atoms with Crippen molar-refractivity contribution >= 4 is 26.0 Å². The zero-order valence-corrected chi connectivity index (χ0v) is 18.5. The molecule has 3 rings (SSSR count). The topological polar surface area (TPSA) is 73.9 Å². The van der Waals surface area contributed by atoms with Crippen molar-refractivity contribution in [3.05, 3.63) is 46.4 Å². The second kappa shape index (κ2) is 8.71. The summed E-state index contributed by atoms with van der Waals surface area (Å²) in [6, 6.07) is 10.0. The molecular weight excluding hydrogens is 446 g/mol. The van der Waals surface area contributed by atoms with Crippen LogP contribution in [0, 0.1) is 5.92 Å². The predicted molar refractivity (Wildman–Crippen MR) is 111 cm³/mol. The number of hydrogen-bond acceptors (Lipinski definition) is 5. The van der Waals surface area contributed by atoms with Crippen molar-refractivity contribution in [1.82, 2.24) is 4.72 Å². The molecule has 0 saturated heterocycles. The second-order valence-electron chi connectivity index (χ2n) is 6.89. The molecule has 0 bridgehead atoms. The van der Waals surface area contributed by atoms with E-state index in [1.807, 2.05) is 32.0 Å². The molecule has 152 valence electrons. The van der Waals surface area contributed by atoms with Crippen LogP contribution in [-0.4, -0.2) is 28.7 Å². The van der Waals surface area contributed by atoms with Crippen molar-refractivity contribution in [2.24, 2.45) is 5.92 Å². The van der Waals surface area contributed by atoms with E-state index in [2.05, 4.69) is 20.7 Å². The van der Waals surface area contributed by atoms with Gasteiger partial charge in [0.05, 0.1) is 20.3 Å². The maximum absolute atomic E-state index is 13.1. The van der Waals surface area contributed by atoms with Gasteiger partial charge in [0.15, 0.2) is 11.5 Å². The molecule has 8 heteroatoms. The van der Waals surface area contributed by atoms with Gasteiger partial charge in [0.25, 0.3) is 0 Å². The zero-order valence-electron chi connectivity index (χ0n) is 16.1. The molecule has 1 heterocycles. The summed E-state index contributed by atoms with van der Waals surface area (Å²) in [4.78, 5) is 0.0874. The molecule has 0 aliphatic carbocycles. The summed E-state index contributed by atoms with van der Waals surface area (Å²) in [6.07, 6.45) is 0.812. The van der Waals surface area contributed by atoms with Gasteiger partial charge in [-0.1, -0.05) is 35.8 Å². The van der Waals surface area contributed by atoms with E-state index in [0.717, 1.165) is 12.0 Å². The molecule has 2 aromatic rings. The summed E-state index contributed by atoms with van der Waals surface area (Å²) < 4.78 is 46.4. The van der Waals surface area contributed by atoms with Gasteiger partial charge in [-0.05, 0) is 41.8 Å². The van der Waals surface area contributed by atoms with Gasteiger partial charge in [0.1, 0.15) is 10.6 Å². The molecule has 0 radical (unpaired) electrons. The third-order valence-electron chi connectivity index (χ3n) is 4.49. The van der Waals surface area contributed by atoms with Crippen molar-refractivity contribution in [1.29, 1.82) is 0 Å². The van der Waals surface area contributed by atoms with E-state index in [1.165, 1.54) is 13.2 Å². The van der Waals surface area contributed by atoms with Crippen LogP contribution in [0.1, 0.15) is 31.9 Å². The molecule has 0 amide bonds. The van der Waals surface area contributed by atoms with Crippen LogP contribution in [0.5, 0.6) is 17.2 Å². The Hall–Kier alpha value is -1.77. The maximum atomic E-state index is 13.1. The molecule has 1 aliphatic heterocycles. The average molecular weight is 470 g/mol. The van der Waals surface area contributed by atoms with E-state index in [9.17, 15) is 8.42 Å². The maximum Gasteiger partial charge on any atom is 0.244 e. The minimum Gasteiger partial charge on any atom is -0.495 e. The number of ether oxygens (including phenoxy) is 3. The summed E-state index contributed by atoms with van der Waals surface area (Å²) in [7, 11) is -2.37. The van der Waals surface area contributed by atoms with Gasteiger partial charge in [0.2, 0.25) is 10.0 Å². The van der Waals surface area contributed by atoms with Gasteiger partial charge in [-0.15, -0.1) is 0 Å². The fourth-order valence-corrected chi connectivity index (χ4v) is 5.13. The number of hydrogen-bond donors (Lipinski definition) is 1. The van der Waals surface area contributed by atoms with E-state index < -0.39 is 16.1 Å². The van der Waals surface area contributed by atoms with Gasteiger partial charge in [-0.25, -0.2) is 13.1 Å². The first-order chi connectivity index (χ1) is 13.3. The van der Waals surface area contributed by atoms with Gasteiger partial charge in [-0.3, -0.25) is 0 Å². The lowest BCUT2D eigenvalue weighted by Gasteiger charge is -2.24. The number of fused-ring (bicyclic) bond motifs is 1. The highest BCUT2D eigenvalue weighted by Gasteiger charge is 2.27. The predicted octanol–water partition coefficient (Wildman–Crippen LogP) is 4.29. The summed E-state index contributed by atoms with van der Waals surface area (Å²) in [5.41, 5.74) is 0.816. The molecular formula is C20H24BrNO5S. The molecule has 0 aromatic heterocycles. The Bertz CT molecular complexity index is 946. The zero-order chi connectivity index (χ0) is 20.3. The average Bonchev–Trinajstić information content (AvgIpc) is 2.90. The van der Waals surface area contributed by atoms with E-state index in [1.54, 1.807) is 12.1 Å². The van der Waals surface area contributed by atoms with Crippen LogP contribution in [0.2, 0.25) is 0 Å². The summed E-state index contributed by atoms with van der Waals surface area (Å²) in [6.45, 7) is 5.11. The van der Waals surface area contributed by atoms with Gasteiger partial charge < -0.3 is 14.2 Å². The fraction of sp³-hybridized carbons (Fsp3) is 0.400. The van der Waals surface area contributed by atoms with Crippen molar-refractivity contribution in [3.8, 4) is 17.2 Å². The van der Waals surface area contributed by atoms with E-state index in [4.69, 9.17) is 14.2 Å². The quantitative estimate of drug-likeness (QED) is 0.682. The number of sulfonamides is 1. The largest absolute Gasteiger partial charge is 0.495 e. The molecule has 0 spiro atoms. The van der Waals surface area contributed by atoms with Crippen molar-refractivity contribution in [2.75, 3.05) is 20.3 Å². The third kappa shape index (κ3) is 4.61. The molecule has 2 aromatic carbocycles. The molecule has 0 fully saturated rings. The monoisotopic (exact) mass is 469 g/mol. The summed E-state index contributed by atoms with van der Waals surface area (Å²) in [5.74, 6) is 1.62. The van der Waals surface area contributed by atoms with Crippen molar-refractivity contribution < 1.29 is 22.6 Å². The number of nitrogens with one attached hydrogen (secondary N) is 1. The van der Waals surface area contributed by atoms with Gasteiger partial charge in [0, 0.05) is 16.9 Å². The van der Waals surface area contributed by atoms with Crippen LogP contribution in [0.15, 0.2) is 45.8 Å². The van der Waals surface area contributed by atoms with Crippen LogP contribution in [0.4, 0.5) is 0 Å². The third-order valence-corrected chi connectivity index (χ3v) is 6.45. The lowest BCUT2D eigenvalue weighted by atomic mass is 9.97. The lowest BCUT2D eigenvalue weighted by molar-refractivity contribution is 0.297. The number of benzene rings is 2. The second-order valence-corrected chi connectivity index (χ2v) is 9.49. The normalized spacial score (nSPS) is 15.2. The molecule has 28 heavy (non-hydrogen) atoms.